The number of oxime groups is 1. The van der Waals surface area contributed by atoms with Crippen LogP contribution in [0.4, 0.5) is 5.69 Å². The van der Waals surface area contributed by atoms with E-state index in [9.17, 15) is 10.1 Å². The van der Waals surface area contributed by atoms with Crippen molar-refractivity contribution in [3.63, 3.8) is 0 Å². The third kappa shape index (κ3) is 5.58. The van der Waals surface area contributed by atoms with Crippen LogP contribution in [0, 0.1) is 13.7 Å². The standard InChI is InChI=1S/C18H19IN2O5/c1-12(2)26-18-16(19)8-14(9-17(18)24-3)10-20-25-11-13-5-4-6-15(7-13)21(22)23/h4-10,12H,11H2,1-3H3/b20-10-. The maximum atomic E-state index is 10.8. The van der Waals surface area contributed by atoms with E-state index in [1.165, 1.54) is 12.1 Å². The summed E-state index contributed by atoms with van der Waals surface area (Å²) in [5.41, 5.74) is 1.49. The van der Waals surface area contributed by atoms with Crippen molar-refractivity contribution in [3.8, 4) is 11.5 Å². The Hall–Kier alpha value is -2.36. The van der Waals surface area contributed by atoms with Crippen LogP contribution >= 0.6 is 22.6 Å². The molecule has 0 fully saturated rings. The van der Waals surface area contributed by atoms with Gasteiger partial charge in [0.1, 0.15) is 6.61 Å². The normalized spacial score (nSPS) is 11.0. The topological polar surface area (TPSA) is 83.2 Å². The van der Waals surface area contributed by atoms with Gasteiger partial charge in [0, 0.05) is 17.7 Å². The summed E-state index contributed by atoms with van der Waals surface area (Å²) in [6.07, 6.45) is 1.59. The van der Waals surface area contributed by atoms with Crippen molar-refractivity contribution < 1.29 is 19.2 Å². The number of hydrogen-bond donors (Lipinski definition) is 0. The fourth-order valence-electron chi connectivity index (χ4n) is 2.13. The van der Waals surface area contributed by atoms with Crippen molar-refractivity contribution >= 4 is 34.5 Å². The fraction of sp³-hybridized carbons (Fsp3) is 0.278. The molecule has 2 aromatic carbocycles. The van der Waals surface area contributed by atoms with Crippen molar-refractivity contribution in [1.29, 1.82) is 0 Å². The molecule has 0 amide bonds. The number of methoxy groups -OCH3 is 1. The highest BCUT2D eigenvalue weighted by atomic mass is 127. The smallest absolute Gasteiger partial charge is 0.269 e. The lowest BCUT2D eigenvalue weighted by Crippen LogP contribution is -2.08. The van der Waals surface area contributed by atoms with E-state index in [1.807, 2.05) is 19.9 Å². The second-order valence-corrected chi connectivity index (χ2v) is 6.80. The first-order valence-electron chi connectivity index (χ1n) is 7.83. The van der Waals surface area contributed by atoms with Gasteiger partial charge in [-0.3, -0.25) is 10.1 Å². The van der Waals surface area contributed by atoms with Crippen LogP contribution in [0.25, 0.3) is 0 Å². The van der Waals surface area contributed by atoms with E-state index in [-0.39, 0.29) is 18.4 Å². The second-order valence-electron chi connectivity index (χ2n) is 5.64. The van der Waals surface area contributed by atoms with Crippen LogP contribution in [0.5, 0.6) is 11.5 Å². The molecular formula is C18H19IN2O5. The van der Waals surface area contributed by atoms with Crippen molar-refractivity contribution in [3.05, 3.63) is 61.2 Å². The quantitative estimate of drug-likeness (QED) is 0.245. The first kappa shape index (κ1) is 20.0. The number of non-ortho nitro benzene ring substituents is 1. The Morgan fingerprint density at radius 3 is 2.73 bits per heavy atom. The summed E-state index contributed by atoms with van der Waals surface area (Å²) in [4.78, 5) is 15.6. The van der Waals surface area contributed by atoms with Crippen LogP contribution in [-0.4, -0.2) is 24.4 Å². The van der Waals surface area contributed by atoms with Crippen LogP contribution in [0.3, 0.4) is 0 Å². The molecule has 0 aliphatic carbocycles. The zero-order valence-electron chi connectivity index (χ0n) is 14.6. The summed E-state index contributed by atoms with van der Waals surface area (Å²) in [5, 5.41) is 14.7. The lowest BCUT2D eigenvalue weighted by molar-refractivity contribution is -0.384. The van der Waals surface area contributed by atoms with Gasteiger partial charge in [0.2, 0.25) is 0 Å². The van der Waals surface area contributed by atoms with Gasteiger partial charge in [-0.05, 0) is 54.1 Å². The molecule has 0 unspecified atom stereocenters. The Morgan fingerprint density at radius 2 is 2.08 bits per heavy atom. The van der Waals surface area contributed by atoms with E-state index in [4.69, 9.17) is 14.3 Å². The van der Waals surface area contributed by atoms with Gasteiger partial charge in [-0.25, -0.2) is 0 Å². The summed E-state index contributed by atoms with van der Waals surface area (Å²) in [6, 6.07) is 9.95. The number of ether oxygens (including phenoxy) is 2. The van der Waals surface area contributed by atoms with E-state index in [0.717, 1.165) is 9.13 Å². The molecule has 0 atom stereocenters. The molecule has 2 aromatic rings. The molecule has 7 nitrogen and oxygen atoms in total. The van der Waals surface area contributed by atoms with Crippen LogP contribution in [-0.2, 0) is 11.4 Å². The summed E-state index contributed by atoms with van der Waals surface area (Å²) in [7, 11) is 1.58. The monoisotopic (exact) mass is 470 g/mol. The Bertz CT molecular complexity index is 808. The molecule has 26 heavy (non-hydrogen) atoms. The van der Waals surface area contributed by atoms with Gasteiger partial charge < -0.3 is 14.3 Å². The molecule has 0 heterocycles. The molecular weight excluding hydrogens is 451 g/mol. The number of nitrogens with zero attached hydrogens (tertiary/aromatic N) is 2. The van der Waals surface area contributed by atoms with Crippen molar-refractivity contribution in [2.75, 3.05) is 7.11 Å². The zero-order valence-corrected chi connectivity index (χ0v) is 16.8. The van der Waals surface area contributed by atoms with E-state index in [1.54, 1.807) is 31.5 Å². The van der Waals surface area contributed by atoms with Crippen LogP contribution < -0.4 is 9.47 Å². The third-order valence-corrected chi connectivity index (χ3v) is 4.04. The Balaban J connectivity index is 2.05. The van der Waals surface area contributed by atoms with Crippen LogP contribution in [0.1, 0.15) is 25.0 Å². The highest BCUT2D eigenvalue weighted by Crippen LogP contribution is 2.34. The van der Waals surface area contributed by atoms with Crippen molar-refractivity contribution in [1.82, 2.24) is 0 Å². The molecule has 0 aliphatic heterocycles. The average Bonchev–Trinajstić information content (AvgIpc) is 2.60. The van der Waals surface area contributed by atoms with E-state index >= 15 is 0 Å². The minimum atomic E-state index is -0.443. The van der Waals surface area contributed by atoms with Gasteiger partial charge in [-0.1, -0.05) is 17.3 Å². The maximum absolute atomic E-state index is 10.8. The number of rotatable bonds is 8. The molecule has 0 aromatic heterocycles. The number of nitro groups is 1. The number of hydrogen-bond acceptors (Lipinski definition) is 6. The Kier molecular flexibility index (Phi) is 7.19. The molecule has 138 valence electrons. The number of nitro benzene ring substituents is 1. The SMILES string of the molecule is COc1cc(/C=N\OCc2cccc([N+](=O)[O-])c2)cc(I)c1OC(C)C. The van der Waals surface area contributed by atoms with Crippen LogP contribution in [0.2, 0.25) is 0 Å². The minimum absolute atomic E-state index is 0.0233. The minimum Gasteiger partial charge on any atom is -0.493 e. The predicted octanol–water partition coefficient (Wildman–Crippen LogP) is 4.55. The molecule has 0 N–H and O–H groups in total. The van der Waals surface area contributed by atoms with Crippen molar-refractivity contribution in [2.24, 2.45) is 5.16 Å². The van der Waals surface area contributed by atoms with Gasteiger partial charge in [-0.2, -0.15) is 0 Å². The molecule has 0 radical (unpaired) electrons. The summed E-state index contributed by atoms with van der Waals surface area (Å²) < 4.78 is 12.1. The summed E-state index contributed by atoms with van der Waals surface area (Å²) >= 11 is 2.18. The summed E-state index contributed by atoms with van der Waals surface area (Å²) in [6.45, 7) is 4.04. The van der Waals surface area contributed by atoms with Gasteiger partial charge in [0.05, 0.1) is 27.9 Å². The first-order valence-corrected chi connectivity index (χ1v) is 8.91. The second kappa shape index (κ2) is 9.37. The van der Waals surface area contributed by atoms with Crippen molar-refractivity contribution in [2.45, 2.75) is 26.6 Å². The van der Waals surface area contributed by atoms with E-state index in [2.05, 4.69) is 27.7 Å². The molecule has 8 heteroatoms. The average molecular weight is 470 g/mol. The Morgan fingerprint density at radius 1 is 1.31 bits per heavy atom. The molecule has 0 bridgehead atoms. The number of halogens is 1. The largest absolute Gasteiger partial charge is 0.493 e. The molecule has 0 saturated heterocycles. The van der Waals surface area contributed by atoms with E-state index < -0.39 is 4.92 Å². The molecule has 2 rings (SSSR count). The molecule has 0 spiro atoms. The lowest BCUT2D eigenvalue weighted by atomic mass is 10.2. The number of benzene rings is 2. The third-order valence-electron chi connectivity index (χ3n) is 3.23. The van der Waals surface area contributed by atoms with Gasteiger partial charge in [0.25, 0.3) is 5.69 Å². The molecule has 0 aliphatic rings. The zero-order chi connectivity index (χ0) is 19.1. The van der Waals surface area contributed by atoms with Gasteiger partial charge in [-0.15, -0.1) is 0 Å². The maximum Gasteiger partial charge on any atom is 0.269 e. The summed E-state index contributed by atoms with van der Waals surface area (Å²) in [5.74, 6) is 1.31. The van der Waals surface area contributed by atoms with E-state index in [0.29, 0.717) is 17.1 Å². The lowest BCUT2D eigenvalue weighted by Gasteiger charge is -2.15. The highest BCUT2D eigenvalue weighted by molar-refractivity contribution is 14.1. The van der Waals surface area contributed by atoms with Gasteiger partial charge in [0.15, 0.2) is 11.5 Å². The Labute approximate surface area is 165 Å². The first-order chi connectivity index (χ1) is 12.4. The highest BCUT2D eigenvalue weighted by Gasteiger charge is 2.12. The fourth-order valence-corrected chi connectivity index (χ4v) is 2.89. The molecule has 0 saturated carbocycles. The van der Waals surface area contributed by atoms with Gasteiger partial charge >= 0.3 is 0 Å². The van der Waals surface area contributed by atoms with Crippen LogP contribution in [0.15, 0.2) is 41.6 Å². The predicted molar refractivity (Wildman–Crippen MR) is 107 cm³/mol.